The highest BCUT2D eigenvalue weighted by Gasteiger charge is 2.06. The molecule has 0 spiro atoms. The smallest absolute Gasteiger partial charge is 0.272 e. The molecule has 0 fully saturated rings. The van der Waals surface area contributed by atoms with Crippen LogP contribution in [-0.2, 0) is 6.54 Å². The minimum Gasteiger partial charge on any atom is -0.272 e. The fraction of sp³-hybridized carbons (Fsp3) is 0.222. The number of rotatable bonds is 2. The summed E-state index contributed by atoms with van der Waals surface area (Å²) in [5.41, 5.74) is 0.951. The maximum absolute atomic E-state index is 11.5. The number of aromatic nitrogens is 4. The molecule has 6 heteroatoms. The number of halogens is 1. The van der Waals surface area contributed by atoms with Gasteiger partial charge in [0.25, 0.3) is 5.56 Å². The van der Waals surface area contributed by atoms with Crippen molar-refractivity contribution in [2.45, 2.75) is 13.5 Å². The summed E-state index contributed by atoms with van der Waals surface area (Å²) in [4.78, 5) is 11.5. The summed E-state index contributed by atoms with van der Waals surface area (Å²) >= 11 is 5.70. The second kappa shape index (κ2) is 3.86. The summed E-state index contributed by atoms with van der Waals surface area (Å²) in [5.74, 6) is 0. The highest BCUT2D eigenvalue weighted by Crippen LogP contribution is 2.15. The molecule has 0 bridgehead atoms. The number of hydrogen-bond acceptors (Lipinski definition) is 3. The molecule has 15 heavy (non-hydrogen) atoms. The second-order valence-corrected chi connectivity index (χ2v) is 3.41. The van der Waals surface area contributed by atoms with Crippen LogP contribution < -0.4 is 5.56 Å². The predicted octanol–water partition coefficient (Wildman–Crippen LogP) is 1.31. The quantitative estimate of drug-likeness (QED) is 0.837. The lowest BCUT2D eigenvalue weighted by molar-refractivity contribution is 0.660. The van der Waals surface area contributed by atoms with E-state index >= 15 is 0 Å². The van der Waals surface area contributed by atoms with Gasteiger partial charge in [0.15, 0.2) is 0 Å². The summed E-state index contributed by atoms with van der Waals surface area (Å²) in [6.45, 7) is 2.73. The molecule has 0 aliphatic carbocycles. The number of aryl methyl sites for hydroxylation is 1. The lowest BCUT2D eigenvalue weighted by Gasteiger charge is -1.95. The molecule has 0 aromatic carbocycles. The van der Waals surface area contributed by atoms with Crippen LogP contribution in [0.4, 0.5) is 0 Å². The van der Waals surface area contributed by atoms with E-state index in [1.165, 1.54) is 6.07 Å². The molecule has 0 saturated carbocycles. The molecule has 0 unspecified atom stereocenters. The van der Waals surface area contributed by atoms with Gasteiger partial charge in [0.2, 0.25) is 0 Å². The van der Waals surface area contributed by atoms with Gasteiger partial charge in [0.05, 0.1) is 11.8 Å². The molecule has 0 saturated heterocycles. The maximum Gasteiger partial charge on any atom is 0.272 e. The highest BCUT2D eigenvalue weighted by molar-refractivity contribution is 6.29. The first-order valence-corrected chi connectivity index (χ1v) is 4.86. The molecule has 78 valence electrons. The van der Waals surface area contributed by atoms with Crippen LogP contribution in [0.3, 0.4) is 0 Å². The predicted molar refractivity (Wildman–Crippen MR) is 56.8 cm³/mol. The molecule has 0 aliphatic heterocycles. The normalized spacial score (nSPS) is 10.5. The highest BCUT2D eigenvalue weighted by atomic mass is 35.5. The van der Waals surface area contributed by atoms with E-state index in [1.807, 2.05) is 6.92 Å². The van der Waals surface area contributed by atoms with Gasteiger partial charge >= 0.3 is 0 Å². The number of hydrogen-bond donors (Lipinski definition) is 1. The lowest BCUT2D eigenvalue weighted by Crippen LogP contribution is -2.10. The van der Waals surface area contributed by atoms with Crippen LogP contribution in [0.2, 0.25) is 5.15 Å². The van der Waals surface area contributed by atoms with Crippen molar-refractivity contribution in [2.75, 3.05) is 0 Å². The first-order valence-electron chi connectivity index (χ1n) is 4.48. The summed E-state index contributed by atoms with van der Waals surface area (Å²) < 4.78 is 1.74. The Bertz CT molecular complexity index is 531. The Labute approximate surface area is 90.7 Å². The van der Waals surface area contributed by atoms with Crippen LogP contribution in [0.25, 0.3) is 11.1 Å². The van der Waals surface area contributed by atoms with Crippen molar-refractivity contribution in [3.05, 3.63) is 34.0 Å². The van der Waals surface area contributed by atoms with Gasteiger partial charge in [-0.05, 0) is 13.0 Å². The van der Waals surface area contributed by atoms with Crippen LogP contribution in [0.1, 0.15) is 6.92 Å². The van der Waals surface area contributed by atoms with E-state index in [0.29, 0.717) is 5.56 Å². The Morgan fingerprint density at radius 3 is 3.07 bits per heavy atom. The molecule has 0 radical (unpaired) electrons. The Morgan fingerprint density at radius 2 is 2.40 bits per heavy atom. The van der Waals surface area contributed by atoms with Crippen LogP contribution in [-0.4, -0.2) is 20.0 Å². The van der Waals surface area contributed by atoms with Gasteiger partial charge in [-0.3, -0.25) is 9.48 Å². The van der Waals surface area contributed by atoms with Crippen molar-refractivity contribution < 1.29 is 0 Å². The third-order valence-electron chi connectivity index (χ3n) is 2.04. The Hall–Kier alpha value is -1.62. The summed E-state index contributed by atoms with van der Waals surface area (Å²) in [6.07, 6.45) is 3.42. The molecular formula is C9H9ClN4O. The van der Waals surface area contributed by atoms with E-state index in [1.54, 1.807) is 17.1 Å². The second-order valence-electron chi connectivity index (χ2n) is 3.02. The Morgan fingerprint density at radius 1 is 1.60 bits per heavy atom. The largest absolute Gasteiger partial charge is 0.272 e. The van der Waals surface area contributed by atoms with Crippen molar-refractivity contribution in [1.29, 1.82) is 0 Å². The van der Waals surface area contributed by atoms with Gasteiger partial charge in [-0.1, -0.05) is 11.6 Å². The third-order valence-corrected chi connectivity index (χ3v) is 2.23. The van der Waals surface area contributed by atoms with Crippen LogP contribution >= 0.6 is 11.6 Å². The van der Waals surface area contributed by atoms with E-state index in [0.717, 1.165) is 12.1 Å². The SMILES string of the molecule is CCn1cc(-c2cc(Cl)n[nH]c2=O)cn1. The van der Waals surface area contributed by atoms with Crippen molar-refractivity contribution in [3.63, 3.8) is 0 Å². The number of nitrogens with one attached hydrogen (secondary N) is 1. The summed E-state index contributed by atoms with van der Waals surface area (Å²) in [5, 5.41) is 10.3. The molecule has 2 rings (SSSR count). The molecule has 2 heterocycles. The van der Waals surface area contributed by atoms with Crippen LogP contribution in [0, 0.1) is 0 Å². The minimum atomic E-state index is -0.268. The van der Waals surface area contributed by atoms with Gasteiger partial charge in [0.1, 0.15) is 5.15 Å². The minimum absolute atomic E-state index is 0.258. The van der Waals surface area contributed by atoms with Gasteiger partial charge in [0, 0.05) is 18.3 Å². The maximum atomic E-state index is 11.5. The van der Waals surface area contributed by atoms with Gasteiger partial charge < -0.3 is 0 Å². The fourth-order valence-corrected chi connectivity index (χ4v) is 1.42. The Balaban J connectivity index is 2.53. The molecule has 0 amide bonds. The van der Waals surface area contributed by atoms with E-state index in [9.17, 15) is 4.79 Å². The lowest BCUT2D eigenvalue weighted by atomic mass is 10.2. The number of nitrogens with zero attached hydrogens (tertiary/aromatic N) is 3. The van der Waals surface area contributed by atoms with Crippen molar-refractivity contribution in [3.8, 4) is 11.1 Å². The molecule has 0 aliphatic rings. The van der Waals surface area contributed by atoms with Crippen molar-refractivity contribution in [1.82, 2.24) is 20.0 Å². The molecule has 1 N–H and O–H groups in total. The average Bonchev–Trinajstić information content (AvgIpc) is 2.70. The van der Waals surface area contributed by atoms with E-state index in [2.05, 4.69) is 15.3 Å². The monoisotopic (exact) mass is 224 g/mol. The van der Waals surface area contributed by atoms with E-state index < -0.39 is 0 Å². The standard InChI is InChI=1S/C9H9ClN4O/c1-2-14-5-6(4-11-14)7-3-8(10)12-13-9(7)15/h3-5H,2H2,1H3,(H,13,15). The van der Waals surface area contributed by atoms with Crippen molar-refractivity contribution in [2.24, 2.45) is 0 Å². The van der Waals surface area contributed by atoms with Gasteiger partial charge in [-0.2, -0.15) is 10.2 Å². The number of H-pyrrole nitrogens is 1. The van der Waals surface area contributed by atoms with E-state index in [4.69, 9.17) is 11.6 Å². The molecule has 5 nitrogen and oxygen atoms in total. The van der Waals surface area contributed by atoms with E-state index in [-0.39, 0.29) is 10.7 Å². The average molecular weight is 225 g/mol. The summed E-state index contributed by atoms with van der Waals surface area (Å²) in [7, 11) is 0. The fourth-order valence-electron chi connectivity index (χ4n) is 1.27. The van der Waals surface area contributed by atoms with Crippen LogP contribution in [0.15, 0.2) is 23.3 Å². The topological polar surface area (TPSA) is 63.6 Å². The molecule has 2 aromatic rings. The number of aromatic amines is 1. The van der Waals surface area contributed by atoms with Crippen LogP contribution in [0.5, 0.6) is 0 Å². The molecule has 0 atom stereocenters. The van der Waals surface area contributed by atoms with Gasteiger partial charge in [-0.15, -0.1) is 0 Å². The zero-order chi connectivity index (χ0) is 10.8. The first kappa shape index (κ1) is 9.92. The molecular weight excluding hydrogens is 216 g/mol. The first-order chi connectivity index (χ1) is 7.20. The third kappa shape index (κ3) is 1.92. The van der Waals surface area contributed by atoms with Gasteiger partial charge in [-0.25, -0.2) is 5.10 Å². The molecule has 2 aromatic heterocycles. The zero-order valence-corrected chi connectivity index (χ0v) is 8.82. The Kier molecular flexibility index (Phi) is 2.55. The summed E-state index contributed by atoms with van der Waals surface area (Å²) in [6, 6.07) is 1.53. The zero-order valence-electron chi connectivity index (χ0n) is 8.07. The van der Waals surface area contributed by atoms with Crippen molar-refractivity contribution >= 4 is 11.6 Å².